The van der Waals surface area contributed by atoms with Crippen LogP contribution in [0.15, 0.2) is 22.7 Å². The third-order valence-electron chi connectivity index (χ3n) is 2.49. The van der Waals surface area contributed by atoms with Crippen molar-refractivity contribution in [2.75, 3.05) is 0 Å². The molecule has 0 aliphatic heterocycles. The number of nitrogens with one attached hydrogen (secondary N) is 1. The Bertz CT molecular complexity index is 339. The smallest absolute Gasteiger partial charge is 0.129 e. The first-order chi connectivity index (χ1) is 7.49. The molecule has 0 fully saturated rings. The van der Waals surface area contributed by atoms with E-state index in [1.807, 2.05) is 12.1 Å². The fourth-order valence-corrected chi connectivity index (χ4v) is 2.17. The first-order valence-electron chi connectivity index (χ1n) is 5.69. The van der Waals surface area contributed by atoms with Crippen molar-refractivity contribution < 1.29 is 5.11 Å². The van der Waals surface area contributed by atoms with Crippen molar-refractivity contribution in [3.63, 3.8) is 0 Å². The van der Waals surface area contributed by atoms with Crippen molar-refractivity contribution in [3.8, 4) is 5.75 Å². The lowest BCUT2D eigenvalue weighted by molar-refractivity contribution is 0.441. The van der Waals surface area contributed by atoms with Gasteiger partial charge in [0.2, 0.25) is 0 Å². The van der Waals surface area contributed by atoms with Gasteiger partial charge in [0, 0.05) is 12.6 Å². The first-order valence-corrected chi connectivity index (χ1v) is 6.49. The molecule has 2 N–H and O–H groups in total. The molecule has 2 nitrogen and oxygen atoms in total. The van der Waals surface area contributed by atoms with E-state index in [1.54, 1.807) is 6.07 Å². The summed E-state index contributed by atoms with van der Waals surface area (Å²) in [5, 5.41) is 12.8. The number of aromatic hydroxyl groups is 1. The third kappa shape index (κ3) is 4.54. The van der Waals surface area contributed by atoms with Crippen LogP contribution in [0.1, 0.15) is 32.8 Å². The fraction of sp³-hybridized carbons (Fsp3) is 0.538. The van der Waals surface area contributed by atoms with E-state index in [-0.39, 0.29) is 0 Å². The molecule has 0 aliphatic rings. The molecule has 0 radical (unpaired) electrons. The molecular weight excluding hydrogens is 266 g/mol. The largest absolute Gasteiger partial charge is 0.507 e. The second-order valence-corrected chi connectivity index (χ2v) is 5.55. The average Bonchev–Trinajstić information content (AvgIpc) is 2.19. The fourth-order valence-electron chi connectivity index (χ4n) is 1.74. The molecule has 0 aliphatic carbocycles. The lowest BCUT2D eigenvalue weighted by Crippen LogP contribution is -2.26. The van der Waals surface area contributed by atoms with Gasteiger partial charge in [0.05, 0.1) is 4.47 Å². The van der Waals surface area contributed by atoms with Crippen LogP contribution >= 0.6 is 15.9 Å². The first kappa shape index (κ1) is 13.5. The number of benzene rings is 1. The average molecular weight is 286 g/mol. The van der Waals surface area contributed by atoms with E-state index in [1.165, 1.54) is 12.0 Å². The van der Waals surface area contributed by atoms with Crippen LogP contribution < -0.4 is 5.32 Å². The molecule has 1 unspecified atom stereocenters. The summed E-state index contributed by atoms with van der Waals surface area (Å²) in [4.78, 5) is 0. The van der Waals surface area contributed by atoms with Gasteiger partial charge in [0.15, 0.2) is 0 Å². The predicted molar refractivity (Wildman–Crippen MR) is 71.6 cm³/mol. The molecule has 0 aromatic heterocycles. The number of phenols is 1. The second kappa shape index (κ2) is 6.26. The van der Waals surface area contributed by atoms with Crippen LogP contribution in [0.2, 0.25) is 0 Å². The number of hydrogen-bond donors (Lipinski definition) is 2. The van der Waals surface area contributed by atoms with Gasteiger partial charge in [-0.1, -0.05) is 19.9 Å². The lowest BCUT2D eigenvalue weighted by Gasteiger charge is -2.16. The maximum Gasteiger partial charge on any atom is 0.129 e. The van der Waals surface area contributed by atoms with Crippen molar-refractivity contribution in [2.45, 2.75) is 39.8 Å². The molecule has 1 atom stereocenters. The highest BCUT2D eigenvalue weighted by Crippen LogP contribution is 2.24. The van der Waals surface area contributed by atoms with Crippen LogP contribution in [0.4, 0.5) is 0 Å². The van der Waals surface area contributed by atoms with E-state index >= 15 is 0 Å². The van der Waals surface area contributed by atoms with Gasteiger partial charge in [-0.05, 0) is 52.9 Å². The highest BCUT2D eigenvalue weighted by Gasteiger charge is 2.05. The zero-order chi connectivity index (χ0) is 12.1. The molecule has 1 aromatic carbocycles. The summed E-state index contributed by atoms with van der Waals surface area (Å²) in [6.45, 7) is 7.51. The molecule has 0 amide bonds. The maximum absolute atomic E-state index is 9.37. The Morgan fingerprint density at radius 3 is 2.56 bits per heavy atom. The molecule has 0 heterocycles. The van der Waals surface area contributed by atoms with Gasteiger partial charge < -0.3 is 10.4 Å². The van der Waals surface area contributed by atoms with Crippen molar-refractivity contribution in [3.05, 3.63) is 28.2 Å². The van der Waals surface area contributed by atoms with E-state index in [4.69, 9.17) is 0 Å². The quantitative estimate of drug-likeness (QED) is 0.865. The second-order valence-electron chi connectivity index (χ2n) is 4.70. The number of phenolic OH excluding ortho intramolecular Hbond substituents is 1. The van der Waals surface area contributed by atoms with Crippen molar-refractivity contribution >= 4 is 15.9 Å². The van der Waals surface area contributed by atoms with Gasteiger partial charge in [-0.15, -0.1) is 0 Å². The minimum Gasteiger partial charge on any atom is -0.507 e. The minimum absolute atomic E-state index is 0.291. The summed E-state index contributed by atoms with van der Waals surface area (Å²) in [5.41, 5.74) is 1.18. The van der Waals surface area contributed by atoms with E-state index in [9.17, 15) is 5.11 Å². The lowest BCUT2D eigenvalue weighted by atomic mass is 10.1. The minimum atomic E-state index is 0.291. The van der Waals surface area contributed by atoms with Crippen molar-refractivity contribution in [1.29, 1.82) is 0 Å². The summed E-state index contributed by atoms with van der Waals surface area (Å²) in [6.07, 6.45) is 1.18. The van der Waals surface area contributed by atoms with Gasteiger partial charge in [0.1, 0.15) is 5.75 Å². The van der Waals surface area contributed by atoms with Crippen LogP contribution in [-0.2, 0) is 6.54 Å². The highest BCUT2D eigenvalue weighted by atomic mass is 79.9. The summed E-state index contributed by atoms with van der Waals surface area (Å²) < 4.78 is 0.753. The molecule has 0 bridgehead atoms. The van der Waals surface area contributed by atoms with Crippen LogP contribution in [0, 0.1) is 5.92 Å². The maximum atomic E-state index is 9.37. The summed E-state index contributed by atoms with van der Waals surface area (Å²) in [7, 11) is 0. The molecule has 0 saturated carbocycles. The van der Waals surface area contributed by atoms with E-state index in [0.29, 0.717) is 17.7 Å². The van der Waals surface area contributed by atoms with Crippen molar-refractivity contribution in [1.82, 2.24) is 5.32 Å². The Morgan fingerprint density at radius 1 is 1.31 bits per heavy atom. The van der Waals surface area contributed by atoms with E-state index in [2.05, 4.69) is 42.0 Å². The topological polar surface area (TPSA) is 32.3 Å². The molecule has 1 rings (SSSR count). The van der Waals surface area contributed by atoms with Crippen LogP contribution in [0.5, 0.6) is 5.75 Å². The number of halogens is 1. The van der Waals surface area contributed by atoms with Crippen LogP contribution in [-0.4, -0.2) is 11.1 Å². The molecule has 90 valence electrons. The normalized spacial score (nSPS) is 13.1. The Labute approximate surface area is 106 Å². The van der Waals surface area contributed by atoms with Gasteiger partial charge >= 0.3 is 0 Å². The van der Waals surface area contributed by atoms with Crippen molar-refractivity contribution in [2.24, 2.45) is 5.92 Å². The summed E-state index contributed by atoms with van der Waals surface area (Å²) in [5.74, 6) is 1.01. The molecule has 3 heteroatoms. The van der Waals surface area contributed by atoms with Gasteiger partial charge in [-0.3, -0.25) is 0 Å². The SMILES string of the molecule is CC(C)CC(C)NCc1ccc(O)c(Br)c1. The monoisotopic (exact) mass is 285 g/mol. The highest BCUT2D eigenvalue weighted by molar-refractivity contribution is 9.10. The van der Waals surface area contributed by atoms with Crippen LogP contribution in [0.25, 0.3) is 0 Å². The van der Waals surface area contributed by atoms with E-state index in [0.717, 1.165) is 11.0 Å². The summed E-state index contributed by atoms with van der Waals surface area (Å²) >= 11 is 3.32. The zero-order valence-corrected chi connectivity index (χ0v) is 11.7. The standard InChI is InChI=1S/C13H20BrNO/c1-9(2)6-10(3)15-8-11-4-5-13(16)12(14)7-11/h4-5,7,9-10,15-16H,6,8H2,1-3H3. The number of rotatable bonds is 5. The Kier molecular flexibility index (Phi) is 5.29. The predicted octanol–water partition coefficient (Wildman–Crippen LogP) is 3.68. The zero-order valence-electron chi connectivity index (χ0n) is 10.1. The summed E-state index contributed by atoms with van der Waals surface area (Å²) in [6, 6.07) is 6.13. The molecular formula is C13H20BrNO. The molecule has 0 saturated heterocycles. The third-order valence-corrected chi connectivity index (χ3v) is 3.13. The van der Waals surface area contributed by atoms with E-state index < -0.39 is 0 Å². The van der Waals surface area contributed by atoms with Gasteiger partial charge in [0.25, 0.3) is 0 Å². The van der Waals surface area contributed by atoms with Crippen LogP contribution in [0.3, 0.4) is 0 Å². The molecule has 1 aromatic rings. The molecule has 16 heavy (non-hydrogen) atoms. The number of hydrogen-bond acceptors (Lipinski definition) is 2. The van der Waals surface area contributed by atoms with Gasteiger partial charge in [-0.2, -0.15) is 0 Å². The Hall–Kier alpha value is -0.540. The molecule has 0 spiro atoms. The van der Waals surface area contributed by atoms with Gasteiger partial charge in [-0.25, -0.2) is 0 Å². The Morgan fingerprint density at radius 2 is 2.00 bits per heavy atom. The Balaban J connectivity index is 2.45.